The van der Waals surface area contributed by atoms with E-state index in [0.29, 0.717) is 5.69 Å². The van der Waals surface area contributed by atoms with Crippen LogP contribution in [0.4, 0.5) is 5.69 Å². The summed E-state index contributed by atoms with van der Waals surface area (Å²) in [4.78, 5) is 30.9. The molecule has 0 saturated carbocycles. The summed E-state index contributed by atoms with van der Waals surface area (Å²) in [5.41, 5.74) is 6.41. The number of rotatable bonds is 1. The van der Waals surface area contributed by atoms with Crippen molar-refractivity contribution in [2.45, 2.75) is 12.3 Å². The van der Waals surface area contributed by atoms with Gasteiger partial charge >= 0.3 is 0 Å². The standard InChI is InChI=1S/C12H13N3O3/c1-14-10(13)8-9(18-14)12(17)15(11(8)16)7-5-3-2-4-6-7/h2-6,8-10H,13H2,1H3/t8?,9?,10-/m1/s1. The van der Waals surface area contributed by atoms with Crippen LogP contribution < -0.4 is 10.6 Å². The maximum atomic E-state index is 12.3. The highest BCUT2D eigenvalue weighted by atomic mass is 16.7. The molecule has 2 saturated heterocycles. The lowest BCUT2D eigenvalue weighted by atomic mass is 10.0. The number of nitrogens with two attached hydrogens (primary N) is 1. The van der Waals surface area contributed by atoms with Gasteiger partial charge in [-0.25, -0.2) is 4.90 Å². The molecule has 6 heteroatoms. The predicted octanol–water partition coefficient (Wildman–Crippen LogP) is -0.294. The fourth-order valence-electron chi connectivity index (χ4n) is 2.41. The van der Waals surface area contributed by atoms with Gasteiger partial charge in [-0.3, -0.25) is 14.4 Å². The Hall–Kier alpha value is -1.76. The molecule has 1 aromatic rings. The third-order valence-corrected chi connectivity index (χ3v) is 3.38. The second-order valence-corrected chi connectivity index (χ2v) is 4.44. The summed E-state index contributed by atoms with van der Waals surface area (Å²) < 4.78 is 0. The predicted molar refractivity (Wildman–Crippen MR) is 63.0 cm³/mol. The molecule has 2 N–H and O–H groups in total. The number of carbonyl (C=O) groups is 2. The Morgan fingerprint density at radius 3 is 2.44 bits per heavy atom. The minimum absolute atomic E-state index is 0.298. The lowest BCUT2D eigenvalue weighted by Crippen LogP contribution is -2.43. The van der Waals surface area contributed by atoms with Crippen molar-refractivity contribution in [1.29, 1.82) is 0 Å². The maximum Gasteiger partial charge on any atom is 0.265 e. The van der Waals surface area contributed by atoms with Crippen LogP contribution in [0, 0.1) is 5.92 Å². The summed E-state index contributed by atoms with van der Waals surface area (Å²) in [6.45, 7) is 0. The first-order valence-electron chi connectivity index (χ1n) is 5.69. The molecule has 6 nitrogen and oxygen atoms in total. The number of nitrogens with zero attached hydrogens (tertiary/aromatic N) is 2. The van der Waals surface area contributed by atoms with Crippen LogP contribution in [-0.4, -0.2) is 36.2 Å². The molecule has 1 aromatic carbocycles. The average Bonchev–Trinajstić information content (AvgIpc) is 2.79. The molecule has 2 fully saturated rings. The minimum atomic E-state index is -0.794. The number of hydrogen-bond donors (Lipinski definition) is 1. The SMILES string of the molecule is CN1OC2C(=O)N(c3ccccc3)C(=O)C2[C@@H]1N. The zero-order valence-corrected chi connectivity index (χ0v) is 9.82. The Bertz CT molecular complexity index is 505. The third kappa shape index (κ3) is 1.40. The van der Waals surface area contributed by atoms with E-state index in [1.54, 1.807) is 31.3 Å². The summed E-state index contributed by atoms with van der Waals surface area (Å²) in [6, 6.07) is 8.80. The number of benzene rings is 1. The average molecular weight is 247 g/mol. The molecule has 2 aliphatic heterocycles. The Balaban J connectivity index is 1.97. The molecule has 3 atom stereocenters. The van der Waals surface area contributed by atoms with Crippen LogP contribution in [0.1, 0.15) is 0 Å². The summed E-state index contributed by atoms with van der Waals surface area (Å²) in [5.74, 6) is -1.27. The topological polar surface area (TPSA) is 75.9 Å². The molecule has 2 unspecified atom stereocenters. The lowest BCUT2D eigenvalue weighted by Gasteiger charge is -2.20. The first-order chi connectivity index (χ1) is 8.61. The van der Waals surface area contributed by atoms with E-state index in [-0.39, 0.29) is 11.8 Å². The van der Waals surface area contributed by atoms with Gasteiger partial charge in [-0.05, 0) is 12.1 Å². The summed E-state index contributed by atoms with van der Waals surface area (Å²) >= 11 is 0. The number of fused-ring (bicyclic) bond motifs is 1. The van der Waals surface area contributed by atoms with Gasteiger partial charge in [-0.15, -0.1) is 0 Å². The molecule has 2 heterocycles. The van der Waals surface area contributed by atoms with E-state index in [4.69, 9.17) is 10.6 Å². The van der Waals surface area contributed by atoms with Gasteiger partial charge in [-0.1, -0.05) is 18.2 Å². The zero-order valence-electron chi connectivity index (χ0n) is 9.82. The van der Waals surface area contributed by atoms with Gasteiger partial charge in [0.05, 0.1) is 11.9 Å². The van der Waals surface area contributed by atoms with Gasteiger partial charge < -0.3 is 5.73 Å². The largest absolute Gasteiger partial charge is 0.313 e. The second kappa shape index (κ2) is 3.88. The second-order valence-electron chi connectivity index (χ2n) is 4.44. The maximum absolute atomic E-state index is 12.3. The Labute approximate surface area is 104 Å². The minimum Gasteiger partial charge on any atom is -0.313 e. The van der Waals surface area contributed by atoms with Crippen molar-refractivity contribution in [2.24, 2.45) is 11.7 Å². The van der Waals surface area contributed by atoms with Crippen molar-refractivity contribution in [3.8, 4) is 0 Å². The van der Waals surface area contributed by atoms with E-state index >= 15 is 0 Å². The number of hydrogen-bond acceptors (Lipinski definition) is 5. The van der Waals surface area contributed by atoms with Crippen molar-refractivity contribution >= 4 is 17.5 Å². The molecule has 0 bridgehead atoms. The van der Waals surface area contributed by atoms with Crippen LogP contribution in [-0.2, 0) is 14.4 Å². The van der Waals surface area contributed by atoms with E-state index in [0.717, 1.165) is 4.90 Å². The van der Waals surface area contributed by atoms with Crippen LogP contribution in [0.5, 0.6) is 0 Å². The van der Waals surface area contributed by atoms with Gasteiger partial charge in [0.25, 0.3) is 5.91 Å². The fourth-order valence-corrected chi connectivity index (χ4v) is 2.41. The Morgan fingerprint density at radius 2 is 1.83 bits per heavy atom. The zero-order chi connectivity index (χ0) is 12.9. The van der Waals surface area contributed by atoms with Gasteiger partial charge in [0.1, 0.15) is 5.92 Å². The van der Waals surface area contributed by atoms with Gasteiger partial charge in [0.15, 0.2) is 6.10 Å². The van der Waals surface area contributed by atoms with Crippen LogP contribution >= 0.6 is 0 Å². The van der Waals surface area contributed by atoms with Gasteiger partial charge in [0, 0.05) is 7.05 Å². The third-order valence-electron chi connectivity index (χ3n) is 3.38. The number of imide groups is 1. The number of hydroxylamine groups is 2. The van der Waals surface area contributed by atoms with Crippen molar-refractivity contribution < 1.29 is 14.4 Å². The van der Waals surface area contributed by atoms with E-state index in [1.165, 1.54) is 5.06 Å². The molecule has 18 heavy (non-hydrogen) atoms. The normalized spacial score (nSPS) is 32.1. The van der Waals surface area contributed by atoms with E-state index < -0.39 is 18.2 Å². The molecule has 0 spiro atoms. The molecule has 0 aromatic heterocycles. The van der Waals surface area contributed by atoms with Gasteiger partial charge in [0.2, 0.25) is 5.91 Å². The van der Waals surface area contributed by atoms with Gasteiger partial charge in [-0.2, -0.15) is 5.06 Å². The molecule has 0 radical (unpaired) electrons. The number of anilines is 1. The van der Waals surface area contributed by atoms with Crippen LogP contribution in [0.2, 0.25) is 0 Å². The highest BCUT2D eigenvalue weighted by molar-refractivity contribution is 6.23. The van der Waals surface area contributed by atoms with Crippen molar-refractivity contribution in [2.75, 3.05) is 11.9 Å². The van der Waals surface area contributed by atoms with Crippen molar-refractivity contribution in [3.05, 3.63) is 30.3 Å². The molecule has 94 valence electrons. The summed E-state index contributed by atoms with van der Waals surface area (Å²) in [6.07, 6.45) is -1.38. The highest BCUT2D eigenvalue weighted by Gasteiger charge is 2.57. The quantitative estimate of drug-likeness (QED) is 0.690. The van der Waals surface area contributed by atoms with E-state index in [9.17, 15) is 9.59 Å². The number of amides is 2. The number of para-hydroxylation sites is 1. The lowest BCUT2D eigenvalue weighted by molar-refractivity contribution is -0.159. The fraction of sp³-hybridized carbons (Fsp3) is 0.333. The smallest absolute Gasteiger partial charge is 0.265 e. The van der Waals surface area contributed by atoms with Crippen LogP contribution in [0.25, 0.3) is 0 Å². The van der Waals surface area contributed by atoms with Crippen molar-refractivity contribution in [1.82, 2.24) is 5.06 Å². The highest BCUT2D eigenvalue weighted by Crippen LogP contribution is 2.35. The molecule has 0 aliphatic carbocycles. The van der Waals surface area contributed by atoms with E-state index in [1.807, 2.05) is 6.07 Å². The number of carbonyl (C=O) groups excluding carboxylic acids is 2. The molecular weight excluding hydrogens is 234 g/mol. The van der Waals surface area contributed by atoms with Crippen LogP contribution in [0.3, 0.4) is 0 Å². The molecular formula is C12H13N3O3. The van der Waals surface area contributed by atoms with E-state index in [2.05, 4.69) is 0 Å². The monoisotopic (exact) mass is 247 g/mol. The first-order valence-corrected chi connectivity index (χ1v) is 5.69. The first kappa shape index (κ1) is 11.3. The summed E-state index contributed by atoms with van der Waals surface area (Å²) in [5, 5.41) is 1.37. The summed E-state index contributed by atoms with van der Waals surface area (Å²) in [7, 11) is 1.62. The molecule has 2 amide bonds. The molecule has 3 rings (SSSR count). The Kier molecular flexibility index (Phi) is 2.44. The Morgan fingerprint density at radius 1 is 1.17 bits per heavy atom. The van der Waals surface area contributed by atoms with Crippen LogP contribution in [0.15, 0.2) is 30.3 Å². The molecule has 2 aliphatic rings. The van der Waals surface area contributed by atoms with Crippen molar-refractivity contribution in [3.63, 3.8) is 0 Å².